The molecule has 3 rings (SSSR count). The molecule has 7 heteroatoms. The Labute approximate surface area is 144 Å². The molecule has 0 radical (unpaired) electrons. The fourth-order valence-corrected chi connectivity index (χ4v) is 2.78. The van der Waals surface area contributed by atoms with Gasteiger partial charge >= 0.3 is 12.0 Å². The smallest absolute Gasteiger partial charge is 0.347 e. The van der Waals surface area contributed by atoms with Crippen LogP contribution in [0.1, 0.15) is 15.9 Å². The van der Waals surface area contributed by atoms with Gasteiger partial charge in [0.05, 0.1) is 11.3 Å². The third kappa shape index (κ3) is 3.16. The van der Waals surface area contributed by atoms with Crippen LogP contribution in [0.2, 0.25) is 0 Å². The first-order valence-corrected chi connectivity index (χ1v) is 7.70. The van der Waals surface area contributed by atoms with Crippen LogP contribution in [0.15, 0.2) is 54.6 Å². The maximum absolute atomic E-state index is 12.9. The molecule has 7 nitrogen and oxygen atoms in total. The topological polar surface area (TPSA) is 90.0 Å². The molecule has 2 N–H and O–H groups in total. The van der Waals surface area contributed by atoms with Gasteiger partial charge in [-0.1, -0.05) is 42.5 Å². The van der Waals surface area contributed by atoms with E-state index >= 15 is 0 Å². The number of carbonyl (C=O) groups excluding carboxylic acids is 2. The predicted molar refractivity (Wildman–Crippen MR) is 91.1 cm³/mol. The van der Waals surface area contributed by atoms with Gasteiger partial charge in [-0.25, -0.2) is 9.59 Å². The summed E-state index contributed by atoms with van der Waals surface area (Å²) in [7, 11) is 1.59. The van der Waals surface area contributed by atoms with Crippen molar-refractivity contribution in [2.24, 2.45) is 0 Å². The normalized spacial score (nSPS) is 16.0. The maximum Gasteiger partial charge on any atom is 0.347 e. The number of nitrogens with zero attached hydrogens (tertiary/aromatic N) is 2. The fraction of sp³-hybridized carbons (Fsp3) is 0.167. The second kappa shape index (κ2) is 6.64. The lowest BCUT2D eigenvalue weighted by atomic mass is 10.1. The number of amides is 3. The largest absolute Gasteiger partial charge is 0.478 e. The average molecular weight is 339 g/mol. The van der Waals surface area contributed by atoms with Crippen molar-refractivity contribution in [3.63, 3.8) is 0 Å². The lowest BCUT2D eigenvalue weighted by molar-refractivity contribution is -0.139. The van der Waals surface area contributed by atoms with E-state index in [1.807, 2.05) is 30.3 Å². The molecule has 1 aliphatic heterocycles. The quantitative estimate of drug-likeness (QED) is 0.894. The Morgan fingerprint density at radius 2 is 1.76 bits per heavy atom. The Kier molecular flexibility index (Phi) is 4.38. The predicted octanol–water partition coefficient (Wildman–Crippen LogP) is 1.90. The van der Waals surface area contributed by atoms with Crippen molar-refractivity contribution in [3.8, 4) is 0 Å². The molecule has 0 saturated heterocycles. The molecule has 1 aliphatic rings. The van der Waals surface area contributed by atoms with Gasteiger partial charge in [0.1, 0.15) is 0 Å². The highest BCUT2D eigenvalue weighted by atomic mass is 16.4. The van der Waals surface area contributed by atoms with Gasteiger partial charge in [0.15, 0.2) is 0 Å². The number of hydrogen-bond acceptors (Lipinski definition) is 3. The van der Waals surface area contributed by atoms with Gasteiger partial charge in [0.25, 0.3) is 5.91 Å². The highest BCUT2D eigenvalue weighted by Gasteiger charge is 2.40. The number of aliphatic carboxylic acids is 1. The van der Waals surface area contributed by atoms with Crippen LogP contribution in [0.5, 0.6) is 0 Å². The second-order valence-corrected chi connectivity index (χ2v) is 5.73. The van der Waals surface area contributed by atoms with Crippen LogP contribution in [-0.2, 0) is 11.3 Å². The third-order valence-corrected chi connectivity index (χ3v) is 3.96. The Hall–Kier alpha value is -3.35. The summed E-state index contributed by atoms with van der Waals surface area (Å²) in [4.78, 5) is 39.1. The zero-order valence-corrected chi connectivity index (χ0v) is 13.5. The second-order valence-electron chi connectivity index (χ2n) is 5.73. The summed E-state index contributed by atoms with van der Waals surface area (Å²) < 4.78 is 0. The molecular formula is C18H17N3O4. The van der Waals surface area contributed by atoms with E-state index < -0.39 is 24.1 Å². The van der Waals surface area contributed by atoms with Crippen LogP contribution in [0, 0.1) is 0 Å². The molecule has 0 saturated carbocycles. The van der Waals surface area contributed by atoms with Crippen molar-refractivity contribution in [3.05, 3.63) is 65.7 Å². The first-order chi connectivity index (χ1) is 12.0. The molecule has 0 aromatic heterocycles. The first-order valence-electron chi connectivity index (χ1n) is 7.70. The first kappa shape index (κ1) is 16.5. The van der Waals surface area contributed by atoms with Crippen molar-refractivity contribution in [1.29, 1.82) is 0 Å². The number of rotatable bonds is 3. The molecule has 2 aromatic carbocycles. The average Bonchev–Trinajstić information content (AvgIpc) is 2.62. The summed E-state index contributed by atoms with van der Waals surface area (Å²) in [6.07, 6.45) is -1.45. The third-order valence-electron chi connectivity index (χ3n) is 3.96. The van der Waals surface area contributed by atoms with E-state index in [-0.39, 0.29) is 11.3 Å². The summed E-state index contributed by atoms with van der Waals surface area (Å²) >= 11 is 0. The Morgan fingerprint density at radius 3 is 2.44 bits per heavy atom. The Bertz CT molecular complexity index is 822. The molecule has 0 fully saturated rings. The van der Waals surface area contributed by atoms with Crippen LogP contribution >= 0.6 is 0 Å². The number of fused-ring (bicyclic) bond motifs is 1. The minimum absolute atomic E-state index is 0.265. The summed E-state index contributed by atoms with van der Waals surface area (Å²) in [6.45, 7) is 0.318. The number of benzene rings is 2. The molecule has 128 valence electrons. The molecular weight excluding hydrogens is 322 g/mol. The highest BCUT2D eigenvalue weighted by Crippen LogP contribution is 2.27. The molecule has 3 amide bonds. The Morgan fingerprint density at radius 1 is 1.12 bits per heavy atom. The molecule has 1 heterocycles. The molecule has 1 unspecified atom stereocenters. The maximum atomic E-state index is 12.9. The van der Waals surface area contributed by atoms with Crippen molar-refractivity contribution < 1.29 is 19.5 Å². The summed E-state index contributed by atoms with van der Waals surface area (Å²) in [6, 6.07) is 15.3. The van der Waals surface area contributed by atoms with E-state index in [2.05, 4.69) is 5.32 Å². The molecule has 25 heavy (non-hydrogen) atoms. The molecule has 0 bridgehead atoms. The van der Waals surface area contributed by atoms with E-state index in [0.717, 1.165) is 10.5 Å². The van der Waals surface area contributed by atoms with Crippen LogP contribution in [0.3, 0.4) is 0 Å². The number of nitrogens with one attached hydrogen (secondary N) is 1. The van der Waals surface area contributed by atoms with Gasteiger partial charge in [0, 0.05) is 13.6 Å². The summed E-state index contributed by atoms with van der Waals surface area (Å²) in [5.74, 6) is -1.82. The van der Waals surface area contributed by atoms with E-state index in [9.17, 15) is 19.5 Å². The van der Waals surface area contributed by atoms with Crippen LogP contribution in [0.4, 0.5) is 10.5 Å². The van der Waals surface area contributed by atoms with Gasteiger partial charge in [-0.3, -0.25) is 9.69 Å². The number of hydrogen-bond donors (Lipinski definition) is 2. The van der Waals surface area contributed by atoms with E-state index in [4.69, 9.17) is 0 Å². The van der Waals surface area contributed by atoms with Crippen molar-refractivity contribution >= 4 is 23.6 Å². The van der Waals surface area contributed by atoms with Crippen LogP contribution in [-0.4, -0.2) is 41.1 Å². The van der Waals surface area contributed by atoms with Gasteiger partial charge in [-0.05, 0) is 17.7 Å². The van der Waals surface area contributed by atoms with Crippen LogP contribution < -0.4 is 10.2 Å². The standard InChI is InChI=1S/C18H17N3O4/c1-20(11-12-7-3-2-4-8-12)18(25)21-14-10-6-5-9-13(14)16(22)19-15(21)17(23)24/h2-10,15H,11H2,1H3,(H,19,22)(H,23,24). The summed E-state index contributed by atoms with van der Waals surface area (Å²) in [5, 5.41) is 11.8. The number of para-hydroxylation sites is 1. The minimum Gasteiger partial charge on any atom is -0.478 e. The highest BCUT2D eigenvalue weighted by molar-refractivity contribution is 6.11. The monoisotopic (exact) mass is 339 g/mol. The van der Waals surface area contributed by atoms with Crippen LogP contribution in [0.25, 0.3) is 0 Å². The van der Waals surface area contributed by atoms with E-state index in [0.29, 0.717) is 6.54 Å². The molecule has 2 aromatic rings. The molecule has 0 spiro atoms. The van der Waals surface area contributed by atoms with Gasteiger partial charge in [0.2, 0.25) is 6.17 Å². The van der Waals surface area contributed by atoms with Gasteiger partial charge in [-0.2, -0.15) is 0 Å². The van der Waals surface area contributed by atoms with Crippen molar-refractivity contribution in [2.75, 3.05) is 11.9 Å². The van der Waals surface area contributed by atoms with Gasteiger partial charge < -0.3 is 15.3 Å². The SMILES string of the molecule is CN(Cc1ccccc1)C(=O)N1c2ccccc2C(=O)NC1C(=O)O. The molecule has 0 aliphatic carbocycles. The van der Waals surface area contributed by atoms with E-state index in [1.54, 1.807) is 31.3 Å². The Balaban J connectivity index is 1.94. The van der Waals surface area contributed by atoms with E-state index in [1.165, 1.54) is 4.90 Å². The van der Waals surface area contributed by atoms with Crippen molar-refractivity contribution in [1.82, 2.24) is 10.2 Å². The van der Waals surface area contributed by atoms with Gasteiger partial charge in [-0.15, -0.1) is 0 Å². The lowest BCUT2D eigenvalue weighted by Gasteiger charge is -2.37. The fourth-order valence-electron chi connectivity index (χ4n) is 2.78. The minimum atomic E-state index is -1.45. The zero-order chi connectivity index (χ0) is 18.0. The summed E-state index contributed by atoms with van der Waals surface area (Å²) in [5.41, 5.74) is 1.46. The lowest BCUT2D eigenvalue weighted by Crippen LogP contribution is -2.61. The number of carbonyl (C=O) groups is 3. The number of carboxylic acid groups (broad SMARTS) is 1. The molecule has 1 atom stereocenters. The van der Waals surface area contributed by atoms with Crippen molar-refractivity contribution in [2.45, 2.75) is 12.7 Å². The zero-order valence-electron chi connectivity index (χ0n) is 13.5. The number of carboxylic acids is 1. The number of anilines is 1. The number of urea groups is 1.